The Labute approximate surface area is 150 Å². The van der Waals surface area contributed by atoms with E-state index in [1.807, 2.05) is 18.3 Å². The van der Waals surface area contributed by atoms with E-state index in [-0.39, 0.29) is 6.04 Å². The molecule has 1 saturated heterocycles. The highest BCUT2D eigenvalue weighted by molar-refractivity contribution is 5.45. The van der Waals surface area contributed by atoms with E-state index in [9.17, 15) is 0 Å². The molecule has 2 heterocycles. The van der Waals surface area contributed by atoms with Gasteiger partial charge in [-0.15, -0.1) is 0 Å². The molecule has 5 heteroatoms. The van der Waals surface area contributed by atoms with Crippen LogP contribution in [0.25, 0.3) is 0 Å². The second kappa shape index (κ2) is 8.32. The maximum absolute atomic E-state index is 5.68. The summed E-state index contributed by atoms with van der Waals surface area (Å²) in [4.78, 5) is 7.24. The van der Waals surface area contributed by atoms with Crippen LogP contribution >= 0.6 is 0 Å². The highest BCUT2D eigenvalue weighted by Crippen LogP contribution is 2.36. The van der Waals surface area contributed by atoms with E-state index in [4.69, 9.17) is 14.5 Å². The molecule has 2 aromatic rings. The molecule has 0 saturated carbocycles. The molecule has 25 heavy (non-hydrogen) atoms. The van der Waals surface area contributed by atoms with Gasteiger partial charge in [-0.05, 0) is 30.2 Å². The molecule has 0 radical (unpaired) electrons. The van der Waals surface area contributed by atoms with Crippen molar-refractivity contribution in [3.05, 3.63) is 53.3 Å². The number of nitrogens with one attached hydrogen (secondary N) is 1. The summed E-state index contributed by atoms with van der Waals surface area (Å²) in [6.45, 7) is 6.09. The first-order chi connectivity index (χ1) is 12.3. The Morgan fingerprint density at radius 1 is 1.12 bits per heavy atom. The first-order valence-corrected chi connectivity index (χ1v) is 8.88. The molecule has 134 valence electrons. The number of nitrogens with zero attached hydrogens (tertiary/aromatic N) is 2. The zero-order valence-electron chi connectivity index (χ0n) is 15.3. The molecule has 0 aliphatic carbocycles. The van der Waals surface area contributed by atoms with Crippen molar-refractivity contribution in [1.29, 1.82) is 0 Å². The third kappa shape index (κ3) is 3.94. The van der Waals surface area contributed by atoms with Crippen LogP contribution in [-0.2, 0) is 6.42 Å². The van der Waals surface area contributed by atoms with Crippen LogP contribution in [-0.4, -0.2) is 50.3 Å². The largest absolute Gasteiger partial charge is 0.497 e. The second-order valence-electron chi connectivity index (χ2n) is 6.24. The lowest BCUT2D eigenvalue weighted by atomic mass is 9.98. The van der Waals surface area contributed by atoms with E-state index < -0.39 is 0 Å². The lowest BCUT2D eigenvalue weighted by Crippen LogP contribution is -2.45. The number of pyridine rings is 1. The minimum atomic E-state index is 0.0777. The number of ether oxygens (including phenoxy) is 2. The van der Waals surface area contributed by atoms with Crippen molar-refractivity contribution in [2.24, 2.45) is 0 Å². The number of rotatable bonds is 6. The normalized spacial score (nSPS) is 16.4. The minimum Gasteiger partial charge on any atom is -0.497 e. The van der Waals surface area contributed by atoms with E-state index in [2.05, 4.69) is 35.3 Å². The summed E-state index contributed by atoms with van der Waals surface area (Å²) >= 11 is 0. The van der Waals surface area contributed by atoms with Gasteiger partial charge in [0.1, 0.15) is 11.5 Å². The van der Waals surface area contributed by atoms with Gasteiger partial charge in [-0.25, -0.2) is 0 Å². The fourth-order valence-corrected chi connectivity index (χ4v) is 3.33. The molecule has 1 aromatic heterocycles. The summed E-state index contributed by atoms with van der Waals surface area (Å²) < 4.78 is 11.0. The molecule has 5 nitrogen and oxygen atoms in total. The molecule has 0 spiro atoms. The number of piperazine rings is 1. The predicted octanol–water partition coefficient (Wildman–Crippen LogP) is 2.66. The fraction of sp³-hybridized carbons (Fsp3) is 0.450. The molecule has 1 N–H and O–H groups in total. The highest BCUT2D eigenvalue weighted by Gasteiger charge is 2.27. The number of hydrogen-bond donors (Lipinski definition) is 1. The summed E-state index contributed by atoms with van der Waals surface area (Å²) in [5.74, 6) is 1.64. The zero-order chi connectivity index (χ0) is 17.6. The number of aryl methyl sites for hydroxylation is 1. The van der Waals surface area contributed by atoms with Crippen LogP contribution in [0.5, 0.6) is 11.5 Å². The van der Waals surface area contributed by atoms with Crippen molar-refractivity contribution in [3.8, 4) is 11.5 Å². The molecule has 1 aromatic carbocycles. The van der Waals surface area contributed by atoms with Crippen LogP contribution in [0.3, 0.4) is 0 Å². The van der Waals surface area contributed by atoms with Gasteiger partial charge in [0.2, 0.25) is 0 Å². The Bertz CT molecular complexity index is 682. The summed E-state index contributed by atoms with van der Waals surface area (Å²) in [5.41, 5.74) is 3.44. The number of hydrogen-bond acceptors (Lipinski definition) is 5. The molecule has 1 aliphatic rings. The van der Waals surface area contributed by atoms with Crippen LogP contribution in [0.4, 0.5) is 0 Å². The third-order valence-electron chi connectivity index (χ3n) is 4.79. The lowest BCUT2D eigenvalue weighted by molar-refractivity contribution is 0.192. The Morgan fingerprint density at radius 2 is 1.92 bits per heavy atom. The Balaban J connectivity index is 2.03. The van der Waals surface area contributed by atoms with Crippen molar-refractivity contribution >= 4 is 0 Å². The highest BCUT2D eigenvalue weighted by atomic mass is 16.5. The molecule has 3 rings (SSSR count). The third-order valence-corrected chi connectivity index (χ3v) is 4.79. The summed E-state index contributed by atoms with van der Waals surface area (Å²) in [6, 6.07) is 10.4. The average molecular weight is 341 g/mol. The number of methoxy groups -OCH3 is 2. The Kier molecular flexibility index (Phi) is 5.89. The smallest absolute Gasteiger partial charge is 0.127 e. The Hall–Kier alpha value is -2.11. The van der Waals surface area contributed by atoms with Gasteiger partial charge in [0, 0.05) is 44.0 Å². The van der Waals surface area contributed by atoms with Crippen molar-refractivity contribution in [2.45, 2.75) is 19.4 Å². The van der Waals surface area contributed by atoms with Crippen molar-refractivity contribution < 1.29 is 9.47 Å². The van der Waals surface area contributed by atoms with E-state index in [1.165, 1.54) is 5.56 Å². The van der Waals surface area contributed by atoms with E-state index >= 15 is 0 Å². The van der Waals surface area contributed by atoms with E-state index in [1.54, 1.807) is 14.2 Å². The van der Waals surface area contributed by atoms with Crippen LogP contribution < -0.4 is 14.8 Å². The zero-order valence-corrected chi connectivity index (χ0v) is 15.3. The lowest BCUT2D eigenvalue weighted by Gasteiger charge is -2.35. The van der Waals surface area contributed by atoms with Gasteiger partial charge >= 0.3 is 0 Å². The first-order valence-electron chi connectivity index (χ1n) is 8.88. The topological polar surface area (TPSA) is 46.6 Å². The summed E-state index contributed by atoms with van der Waals surface area (Å²) in [5, 5.41) is 3.42. The summed E-state index contributed by atoms with van der Waals surface area (Å²) in [7, 11) is 3.38. The molecular weight excluding hydrogens is 314 g/mol. The predicted molar refractivity (Wildman–Crippen MR) is 99.4 cm³/mol. The molecular formula is C20H27N3O2. The van der Waals surface area contributed by atoms with Gasteiger partial charge in [-0.1, -0.05) is 13.0 Å². The van der Waals surface area contributed by atoms with Crippen molar-refractivity contribution in [2.75, 3.05) is 40.4 Å². The number of aromatic nitrogens is 1. The van der Waals surface area contributed by atoms with Crippen molar-refractivity contribution in [1.82, 2.24) is 15.2 Å². The van der Waals surface area contributed by atoms with Crippen LogP contribution in [0.1, 0.15) is 29.8 Å². The number of benzene rings is 1. The minimum absolute atomic E-state index is 0.0777. The standard InChI is InChI=1S/C20H27N3O2/c1-4-15-5-8-18(22-14-15)20(23-11-9-21-10-12-23)17-7-6-16(24-2)13-19(17)25-3/h5-8,13-14,20-21H,4,9-12H2,1-3H3. The quantitative estimate of drug-likeness (QED) is 0.875. The monoisotopic (exact) mass is 341 g/mol. The SMILES string of the molecule is CCc1ccc(C(c2ccc(OC)cc2OC)N2CCNCC2)nc1. The molecule has 1 atom stereocenters. The second-order valence-corrected chi connectivity index (χ2v) is 6.24. The molecule has 1 unspecified atom stereocenters. The fourth-order valence-electron chi connectivity index (χ4n) is 3.33. The van der Waals surface area contributed by atoms with Gasteiger partial charge in [0.25, 0.3) is 0 Å². The Morgan fingerprint density at radius 3 is 2.52 bits per heavy atom. The van der Waals surface area contributed by atoms with Crippen LogP contribution in [0, 0.1) is 0 Å². The van der Waals surface area contributed by atoms with Crippen molar-refractivity contribution in [3.63, 3.8) is 0 Å². The molecule has 0 amide bonds. The van der Waals surface area contributed by atoms with E-state index in [0.717, 1.165) is 55.4 Å². The van der Waals surface area contributed by atoms with Gasteiger partial charge < -0.3 is 14.8 Å². The van der Waals surface area contributed by atoms with Crippen LogP contribution in [0.15, 0.2) is 36.5 Å². The van der Waals surface area contributed by atoms with Gasteiger partial charge in [0.05, 0.1) is 26.0 Å². The van der Waals surface area contributed by atoms with Gasteiger partial charge in [-0.2, -0.15) is 0 Å². The molecule has 1 fully saturated rings. The molecule has 1 aliphatic heterocycles. The average Bonchev–Trinajstić information content (AvgIpc) is 2.69. The maximum Gasteiger partial charge on any atom is 0.127 e. The first kappa shape index (κ1) is 17.7. The van der Waals surface area contributed by atoms with Gasteiger partial charge in [-0.3, -0.25) is 9.88 Å². The van der Waals surface area contributed by atoms with Crippen LogP contribution in [0.2, 0.25) is 0 Å². The van der Waals surface area contributed by atoms with Gasteiger partial charge in [0.15, 0.2) is 0 Å². The molecule has 0 bridgehead atoms. The maximum atomic E-state index is 5.68. The van der Waals surface area contributed by atoms with E-state index in [0.29, 0.717) is 0 Å². The summed E-state index contributed by atoms with van der Waals surface area (Å²) in [6.07, 6.45) is 2.98.